The molecule has 1 atom stereocenters. The number of benzene rings is 1. The van der Waals surface area contributed by atoms with Crippen molar-refractivity contribution in [2.75, 3.05) is 5.73 Å². The zero-order chi connectivity index (χ0) is 13.7. The van der Waals surface area contributed by atoms with Crippen LogP contribution in [0.5, 0.6) is 0 Å². The van der Waals surface area contributed by atoms with Crippen molar-refractivity contribution < 1.29 is 0 Å². The van der Waals surface area contributed by atoms with Crippen LogP contribution in [0.2, 0.25) is 0 Å². The lowest BCUT2D eigenvalue weighted by atomic mass is 9.77. The van der Waals surface area contributed by atoms with Gasteiger partial charge in [0.05, 0.1) is 0 Å². The highest BCUT2D eigenvalue weighted by Crippen LogP contribution is 2.37. The minimum absolute atomic E-state index is 0.511. The monoisotopic (exact) mass is 328 g/mol. The maximum Gasteiger partial charge on any atom is 0.202 e. The van der Waals surface area contributed by atoms with E-state index in [0.29, 0.717) is 11.9 Å². The molecule has 0 saturated heterocycles. The predicted octanol–water partition coefficient (Wildman–Crippen LogP) is 3.12. The van der Waals surface area contributed by atoms with Gasteiger partial charge in [0.2, 0.25) is 5.95 Å². The zero-order valence-electron chi connectivity index (χ0n) is 10.8. The van der Waals surface area contributed by atoms with Crippen molar-refractivity contribution in [3.8, 4) is 0 Å². The number of fused-ring (bicyclic) bond motifs is 2. The summed E-state index contributed by atoms with van der Waals surface area (Å²) in [5.74, 6) is 1.05. The van der Waals surface area contributed by atoms with Crippen LogP contribution in [0.1, 0.15) is 17.0 Å². The standard InChI is InChI=1S/C15H13BrN4/c16-11-6-13-14(18-7-11)20(15(17)19-13)8-10-5-9-3-1-2-4-12(9)10/h1-4,6-7,10H,5,8H2,(H2,17,19). The Bertz CT molecular complexity index is 809. The van der Waals surface area contributed by atoms with E-state index in [9.17, 15) is 0 Å². The number of nitrogens with zero attached hydrogens (tertiary/aromatic N) is 3. The molecule has 0 amide bonds. The second kappa shape index (κ2) is 4.31. The summed E-state index contributed by atoms with van der Waals surface area (Å²) in [6.07, 6.45) is 2.89. The van der Waals surface area contributed by atoms with Crippen LogP contribution >= 0.6 is 15.9 Å². The molecular formula is C15H13BrN4. The van der Waals surface area contributed by atoms with E-state index in [1.165, 1.54) is 11.1 Å². The van der Waals surface area contributed by atoms with E-state index in [4.69, 9.17) is 5.73 Å². The quantitative estimate of drug-likeness (QED) is 0.786. The maximum absolute atomic E-state index is 6.05. The summed E-state index contributed by atoms with van der Waals surface area (Å²) in [7, 11) is 0. The number of halogens is 1. The van der Waals surface area contributed by atoms with Crippen molar-refractivity contribution in [1.82, 2.24) is 14.5 Å². The summed E-state index contributed by atoms with van der Waals surface area (Å²) in [4.78, 5) is 8.83. The van der Waals surface area contributed by atoms with Gasteiger partial charge in [-0.05, 0) is 39.5 Å². The molecule has 4 nitrogen and oxygen atoms in total. The van der Waals surface area contributed by atoms with Crippen molar-refractivity contribution in [3.05, 3.63) is 52.1 Å². The van der Waals surface area contributed by atoms with Crippen molar-refractivity contribution in [3.63, 3.8) is 0 Å². The Morgan fingerprint density at radius 3 is 3.05 bits per heavy atom. The van der Waals surface area contributed by atoms with E-state index in [0.717, 1.165) is 28.6 Å². The Kier molecular flexibility index (Phi) is 2.57. The molecule has 5 heteroatoms. The highest BCUT2D eigenvalue weighted by Gasteiger charge is 2.27. The number of pyridine rings is 1. The Morgan fingerprint density at radius 1 is 1.35 bits per heavy atom. The lowest BCUT2D eigenvalue weighted by molar-refractivity contribution is 0.519. The van der Waals surface area contributed by atoms with Crippen LogP contribution in [-0.2, 0) is 13.0 Å². The Labute approximate surface area is 124 Å². The van der Waals surface area contributed by atoms with Gasteiger partial charge in [-0.3, -0.25) is 4.57 Å². The number of rotatable bonds is 2. The molecule has 0 saturated carbocycles. The molecule has 1 unspecified atom stereocenters. The molecule has 0 spiro atoms. The lowest BCUT2D eigenvalue weighted by Gasteiger charge is -2.30. The summed E-state index contributed by atoms with van der Waals surface area (Å²) in [6.45, 7) is 0.841. The first-order valence-corrected chi connectivity index (χ1v) is 7.37. The molecule has 0 fully saturated rings. The third-order valence-electron chi connectivity index (χ3n) is 3.95. The maximum atomic E-state index is 6.05. The number of anilines is 1. The largest absolute Gasteiger partial charge is 0.369 e. The smallest absolute Gasteiger partial charge is 0.202 e. The Morgan fingerprint density at radius 2 is 2.20 bits per heavy atom. The summed E-state index contributed by atoms with van der Waals surface area (Å²) < 4.78 is 2.94. The molecule has 0 bridgehead atoms. The predicted molar refractivity (Wildman–Crippen MR) is 82.5 cm³/mol. The molecule has 100 valence electrons. The number of imidazole rings is 1. The molecule has 3 aromatic rings. The van der Waals surface area contributed by atoms with Crippen LogP contribution in [-0.4, -0.2) is 14.5 Å². The van der Waals surface area contributed by atoms with Gasteiger partial charge in [-0.15, -0.1) is 0 Å². The van der Waals surface area contributed by atoms with Crippen LogP contribution in [0.25, 0.3) is 11.2 Å². The van der Waals surface area contributed by atoms with Crippen LogP contribution in [0.15, 0.2) is 41.0 Å². The average Bonchev–Trinajstić information content (AvgIpc) is 2.71. The fourth-order valence-corrected chi connectivity index (χ4v) is 3.25. The lowest BCUT2D eigenvalue weighted by Crippen LogP contribution is -2.22. The van der Waals surface area contributed by atoms with Gasteiger partial charge in [0.1, 0.15) is 5.52 Å². The zero-order valence-corrected chi connectivity index (χ0v) is 12.3. The van der Waals surface area contributed by atoms with E-state index >= 15 is 0 Å². The van der Waals surface area contributed by atoms with E-state index in [-0.39, 0.29) is 0 Å². The Hall–Kier alpha value is -1.88. The molecule has 1 aliphatic carbocycles. The number of hydrogen-bond donors (Lipinski definition) is 1. The molecule has 2 N–H and O–H groups in total. The molecule has 0 aliphatic heterocycles. The van der Waals surface area contributed by atoms with Crippen molar-refractivity contribution in [2.45, 2.75) is 18.9 Å². The molecule has 1 aromatic carbocycles. The van der Waals surface area contributed by atoms with Gasteiger partial charge in [-0.1, -0.05) is 24.3 Å². The van der Waals surface area contributed by atoms with E-state index in [1.807, 2.05) is 10.6 Å². The van der Waals surface area contributed by atoms with Crippen LogP contribution in [0, 0.1) is 0 Å². The van der Waals surface area contributed by atoms with Gasteiger partial charge < -0.3 is 5.73 Å². The van der Waals surface area contributed by atoms with Gasteiger partial charge in [-0.25, -0.2) is 9.97 Å². The first kappa shape index (κ1) is 11.9. The number of nitrogen functional groups attached to an aromatic ring is 1. The van der Waals surface area contributed by atoms with Crippen LogP contribution < -0.4 is 5.73 Å². The minimum Gasteiger partial charge on any atom is -0.369 e. The highest BCUT2D eigenvalue weighted by molar-refractivity contribution is 9.10. The topological polar surface area (TPSA) is 56.7 Å². The average molecular weight is 329 g/mol. The number of aromatic nitrogens is 3. The second-order valence-corrected chi connectivity index (χ2v) is 6.09. The number of hydrogen-bond acceptors (Lipinski definition) is 3. The summed E-state index contributed by atoms with van der Waals surface area (Å²) >= 11 is 3.41. The van der Waals surface area contributed by atoms with Gasteiger partial charge in [0, 0.05) is 23.1 Å². The highest BCUT2D eigenvalue weighted by atomic mass is 79.9. The molecule has 1 aliphatic rings. The first-order valence-electron chi connectivity index (χ1n) is 6.57. The SMILES string of the molecule is Nc1nc2cc(Br)cnc2n1CC1Cc2ccccc21. The normalized spacial score (nSPS) is 16.9. The van der Waals surface area contributed by atoms with E-state index in [1.54, 1.807) is 6.20 Å². The molecule has 2 aromatic heterocycles. The second-order valence-electron chi connectivity index (χ2n) is 5.18. The van der Waals surface area contributed by atoms with Crippen molar-refractivity contribution >= 4 is 33.0 Å². The van der Waals surface area contributed by atoms with Gasteiger partial charge in [0.15, 0.2) is 5.65 Å². The fraction of sp³-hybridized carbons (Fsp3) is 0.200. The number of nitrogens with two attached hydrogens (primary N) is 1. The minimum atomic E-state index is 0.511. The third-order valence-corrected chi connectivity index (χ3v) is 4.38. The van der Waals surface area contributed by atoms with Crippen LogP contribution in [0.3, 0.4) is 0 Å². The molecule has 0 radical (unpaired) electrons. The van der Waals surface area contributed by atoms with E-state index in [2.05, 4.69) is 50.2 Å². The van der Waals surface area contributed by atoms with Gasteiger partial charge in [0.25, 0.3) is 0 Å². The summed E-state index contributed by atoms with van der Waals surface area (Å²) in [5.41, 5.74) is 10.6. The molecule has 4 rings (SSSR count). The molecule has 2 heterocycles. The summed E-state index contributed by atoms with van der Waals surface area (Å²) in [5, 5.41) is 0. The van der Waals surface area contributed by atoms with Crippen LogP contribution in [0.4, 0.5) is 5.95 Å². The molecular weight excluding hydrogens is 316 g/mol. The van der Waals surface area contributed by atoms with E-state index < -0.39 is 0 Å². The molecule has 20 heavy (non-hydrogen) atoms. The van der Waals surface area contributed by atoms with Crippen molar-refractivity contribution in [1.29, 1.82) is 0 Å². The Balaban J connectivity index is 1.72. The van der Waals surface area contributed by atoms with Crippen molar-refractivity contribution in [2.24, 2.45) is 0 Å². The van der Waals surface area contributed by atoms with Gasteiger partial charge in [-0.2, -0.15) is 0 Å². The van der Waals surface area contributed by atoms with Gasteiger partial charge >= 0.3 is 0 Å². The first-order chi connectivity index (χ1) is 9.72. The fourth-order valence-electron chi connectivity index (χ4n) is 2.93. The summed E-state index contributed by atoms with van der Waals surface area (Å²) in [6, 6.07) is 10.5. The third kappa shape index (κ3) is 1.73.